The number of rotatable bonds is 9. The van der Waals surface area contributed by atoms with E-state index in [2.05, 4.69) is 42.5 Å². The molecule has 0 aliphatic rings. The van der Waals surface area contributed by atoms with E-state index in [9.17, 15) is 4.79 Å². The number of furan rings is 1. The highest BCUT2D eigenvalue weighted by Gasteiger charge is 2.09. The Hall–Kier alpha value is -3.70. The van der Waals surface area contributed by atoms with E-state index in [1.54, 1.807) is 18.0 Å². The molecule has 4 nitrogen and oxygen atoms in total. The van der Waals surface area contributed by atoms with Crippen molar-refractivity contribution < 1.29 is 19.1 Å². The molecule has 4 rings (SSSR count). The van der Waals surface area contributed by atoms with E-state index in [1.807, 2.05) is 55.5 Å². The van der Waals surface area contributed by atoms with E-state index in [-0.39, 0.29) is 6.61 Å². The van der Waals surface area contributed by atoms with Crippen LogP contribution in [0.4, 0.5) is 0 Å². The van der Waals surface area contributed by atoms with Crippen molar-refractivity contribution in [1.82, 2.24) is 0 Å². The van der Waals surface area contributed by atoms with E-state index in [0.717, 1.165) is 33.1 Å². The van der Waals surface area contributed by atoms with Gasteiger partial charge in [-0.15, -0.1) is 11.8 Å². The van der Waals surface area contributed by atoms with Crippen molar-refractivity contribution >= 4 is 23.3 Å². The van der Waals surface area contributed by atoms with Gasteiger partial charge in [0.05, 0.1) is 6.26 Å². The van der Waals surface area contributed by atoms with Crippen molar-refractivity contribution in [2.45, 2.75) is 11.8 Å². The fourth-order valence-electron chi connectivity index (χ4n) is 3.50. The summed E-state index contributed by atoms with van der Waals surface area (Å²) in [5, 5.41) is 8.79. The molecule has 0 atom stereocenters. The Morgan fingerprint density at radius 2 is 1.73 bits per heavy atom. The molecule has 0 aliphatic heterocycles. The Morgan fingerprint density at radius 1 is 0.970 bits per heavy atom. The number of hydrogen-bond acceptors (Lipinski definition) is 4. The second kappa shape index (κ2) is 10.7. The Balaban J connectivity index is 1.50. The third-order valence-corrected chi connectivity index (χ3v) is 6.05. The summed E-state index contributed by atoms with van der Waals surface area (Å²) in [5.41, 5.74) is 5.42. The molecule has 5 heteroatoms. The number of aryl methyl sites for hydroxylation is 1. The third-order valence-electron chi connectivity index (χ3n) is 5.12. The average Bonchev–Trinajstić information content (AvgIpc) is 3.36. The first kappa shape index (κ1) is 22.5. The van der Waals surface area contributed by atoms with Crippen LogP contribution in [0, 0.1) is 6.92 Å². The van der Waals surface area contributed by atoms with Crippen LogP contribution in [-0.4, -0.2) is 23.4 Å². The maximum Gasteiger partial charge on any atom is 0.341 e. The maximum absolute atomic E-state index is 10.7. The lowest BCUT2D eigenvalue weighted by molar-refractivity contribution is -0.139. The summed E-state index contributed by atoms with van der Waals surface area (Å²) in [6.07, 6.45) is 3.86. The van der Waals surface area contributed by atoms with Crippen molar-refractivity contribution in [2.75, 3.05) is 12.4 Å². The molecule has 166 valence electrons. The van der Waals surface area contributed by atoms with E-state index in [0.29, 0.717) is 5.75 Å². The smallest absolute Gasteiger partial charge is 0.341 e. The van der Waals surface area contributed by atoms with Crippen LogP contribution in [0.15, 0.2) is 107 Å². The minimum absolute atomic E-state index is 0.342. The van der Waals surface area contributed by atoms with Gasteiger partial charge in [0.15, 0.2) is 6.61 Å². The van der Waals surface area contributed by atoms with Crippen LogP contribution in [0.25, 0.3) is 16.7 Å². The summed E-state index contributed by atoms with van der Waals surface area (Å²) in [5.74, 6) is 1.19. The first-order valence-corrected chi connectivity index (χ1v) is 11.6. The molecule has 4 aromatic rings. The zero-order valence-corrected chi connectivity index (χ0v) is 19.0. The number of aliphatic carboxylic acids is 1. The summed E-state index contributed by atoms with van der Waals surface area (Å²) in [4.78, 5) is 11.8. The highest BCUT2D eigenvalue weighted by Crippen LogP contribution is 2.30. The zero-order valence-electron chi connectivity index (χ0n) is 18.2. The monoisotopic (exact) mass is 456 g/mol. The molecule has 1 heterocycles. The normalized spacial score (nSPS) is 11.4. The molecule has 0 unspecified atom stereocenters. The lowest BCUT2D eigenvalue weighted by atomic mass is 9.99. The highest BCUT2D eigenvalue weighted by molar-refractivity contribution is 7.99. The molecule has 0 aliphatic carbocycles. The minimum Gasteiger partial charge on any atom is -0.482 e. The molecule has 0 radical (unpaired) electrons. The quantitative estimate of drug-likeness (QED) is 0.276. The summed E-state index contributed by atoms with van der Waals surface area (Å²) in [6.45, 7) is 1.57. The molecule has 1 aromatic heterocycles. The van der Waals surface area contributed by atoms with Crippen LogP contribution in [0.2, 0.25) is 0 Å². The lowest BCUT2D eigenvalue weighted by Crippen LogP contribution is -2.09. The topological polar surface area (TPSA) is 59.7 Å². The lowest BCUT2D eigenvalue weighted by Gasteiger charge is -2.10. The summed E-state index contributed by atoms with van der Waals surface area (Å²) in [7, 11) is 0. The van der Waals surface area contributed by atoms with Crippen LogP contribution in [0.3, 0.4) is 0 Å². The van der Waals surface area contributed by atoms with Gasteiger partial charge in [0.2, 0.25) is 0 Å². The Morgan fingerprint density at radius 3 is 2.39 bits per heavy atom. The van der Waals surface area contributed by atoms with E-state index >= 15 is 0 Å². The Kier molecular flexibility index (Phi) is 7.33. The van der Waals surface area contributed by atoms with Gasteiger partial charge < -0.3 is 14.3 Å². The van der Waals surface area contributed by atoms with Gasteiger partial charge in [-0.2, -0.15) is 0 Å². The number of carboxylic acids is 1. The van der Waals surface area contributed by atoms with Crippen LogP contribution in [-0.2, 0) is 4.79 Å². The van der Waals surface area contributed by atoms with Crippen LogP contribution in [0.5, 0.6) is 5.75 Å². The molecular formula is C28H24O4S. The molecule has 0 amide bonds. The van der Waals surface area contributed by atoms with Gasteiger partial charge in [-0.1, -0.05) is 60.7 Å². The van der Waals surface area contributed by atoms with Crippen molar-refractivity contribution in [2.24, 2.45) is 0 Å². The minimum atomic E-state index is -0.986. The molecule has 33 heavy (non-hydrogen) atoms. The maximum atomic E-state index is 10.7. The number of benzene rings is 3. The first-order chi connectivity index (χ1) is 16.1. The van der Waals surface area contributed by atoms with Crippen LogP contribution < -0.4 is 4.74 Å². The fourth-order valence-corrected chi connectivity index (χ4v) is 4.37. The van der Waals surface area contributed by atoms with Gasteiger partial charge in [-0.25, -0.2) is 4.79 Å². The van der Waals surface area contributed by atoms with E-state index < -0.39 is 5.97 Å². The number of carbonyl (C=O) groups is 1. The van der Waals surface area contributed by atoms with E-state index in [4.69, 9.17) is 14.3 Å². The summed E-state index contributed by atoms with van der Waals surface area (Å²) >= 11 is 1.70. The SMILES string of the molecule is Cc1cc(SCC=C(c2ccc(-c3ccccc3)cc2)c2ccco2)ccc1OCC(=O)O. The second-order valence-corrected chi connectivity index (χ2v) is 8.55. The van der Waals surface area contributed by atoms with Gasteiger partial charge in [0.1, 0.15) is 11.5 Å². The summed E-state index contributed by atoms with van der Waals surface area (Å²) in [6, 6.07) is 28.5. The van der Waals surface area contributed by atoms with Crippen molar-refractivity contribution in [3.63, 3.8) is 0 Å². The molecule has 0 fully saturated rings. The molecular weight excluding hydrogens is 432 g/mol. The first-order valence-electron chi connectivity index (χ1n) is 10.6. The standard InChI is InChI=1S/C28H24O4S/c1-20-18-24(13-14-26(20)32-19-28(29)30)33-17-15-25(27-8-5-16-31-27)23-11-9-22(10-12-23)21-6-3-2-4-7-21/h2-16,18H,17,19H2,1H3,(H,29,30). The molecule has 1 N–H and O–H groups in total. The molecule has 0 bridgehead atoms. The van der Waals surface area contributed by atoms with Gasteiger partial charge in [-0.05, 0) is 59.5 Å². The highest BCUT2D eigenvalue weighted by atomic mass is 32.2. The summed E-state index contributed by atoms with van der Waals surface area (Å²) < 4.78 is 11.0. The molecule has 0 saturated heterocycles. The number of thioether (sulfide) groups is 1. The number of ether oxygens (including phenoxy) is 1. The average molecular weight is 457 g/mol. The number of carboxylic acid groups (broad SMARTS) is 1. The van der Waals surface area contributed by atoms with E-state index in [1.165, 1.54) is 11.1 Å². The van der Waals surface area contributed by atoms with Gasteiger partial charge >= 0.3 is 5.97 Å². The van der Waals surface area contributed by atoms with Gasteiger partial charge in [0.25, 0.3) is 0 Å². The fraction of sp³-hybridized carbons (Fsp3) is 0.107. The van der Waals surface area contributed by atoms with Crippen molar-refractivity contribution in [3.05, 3.63) is 114 Å². The molecule has 0 spiro atoms. The Bertz CT molecular complexity index is 1230. The zero-order chi connectivity index (χ0) is 23.0. The second-order valence-electron chi connectivity index (χ2n) is 7.46. The van der Waals surface area contributed by atoms with Crippen molar-refractivity contribution in [3.8, 4) is 16.9 Å². The van der Waals surface area contributed by atoms with Crippen LogP contribution >= 0.6 is 11.8 Å². The van der Waals surface area contributed by atoms with Gasteiger partial charge in [0, 0.05) is 16.2 Å². The predicted molar refractivity (Wildman–Crippen MR) is 133 cm³/mol. The predicted octanol–water partition coefficient (Wildman–Crippen LogP) is 6.94. The Labute approximate surface area is 197 Å². The largest absolute Gasteiger partial charge is 0.482 e. The van der Waals surface area contributed by atoms with Crippen LogP contribution in [0.1, 0.15) is 16.9 Å². The van der Waals surface area contributed by atoms with Crippen molar-refractivity contribution in [1.29, 1.82) is 0 Å². The molecule has 0 saturated carbocycles. The third kappa shape index (κ3) is 5.96. The molecule has 3 aromatic carbocycles. The van der Waals surface area contributed by atoms with Gasteiger partial charge in [-0.3, -0.25) is 0 Å². The number of hydrogen-bond donors (Lipinski definition) is 1.